The monoisotopic (exact) mass is 397 g/mol. The summed E-state index contributed by atoms with van der Waals surface area (Å²) in [6, 6.07) is 8.29. The second-order valence-electron chi connectivity index (χ2n) is 6.29. The lowest BCUT2D eigenvalue weighted by molar-refractivity contribution is 0.0955. The van der Waals surface area contributed by atoms with E-state index in [4.69, 9.17) is 0 Å². The van der Waals surface area contributed by atoms with Crippen molar-refractivity contribution < 1.29 is 9.18 Å². The first-order chi connectivity index (χ1) is 12.1. The molecule has 26 heavy (non-hydrogen) atoms. The third-order valence-corrected chi connectivity index (χ3v) is 5.49. The van der Waals surface area contributed by atoms with Gasteiger partial charge in [0.2, 0.25) is 0 Å². The minimum atomic E-state index is -0.251. The number of halogens is 2. The highest BCUT2D eigenvalue weighted by molar-refractivity contribution is 7.14. The highest BCUT2D eigenvalue weighted by Gasteiger charge is 2.14. The smallest absolute Gasteiger partial charge is 0.261 e. The SMILES string of the molecule is Cc1sc(C(=O)NCCCN2CCNCC2)cc1-c1ccc(F)cc1.Cl. The number of piperazine rings is 1. The van der Waals surface area contributed by atoms with Crippen LogP contribution < -0.4 is 10.6 Å². The van der Waals surface area contributed by atoms with Crippen LogP contribution in [0.4, 0.5) is 4.39 Å². The average Bonchev–Trinajstić information content (AvgIpc) is 3.02. The first kappa shape index (κ1) is 20.8. The van der Waals surface area contributed by atoms with Crippen molar-refractivity contribution in [3.05, 3.63) is 45.9 Å². The number of rotatable bonds is 6. The van der Waals surface area contributed by atoms with E-state index in [0.29, 0.717) is 11.4 Å². The molecular weight excluding hydrogens is 373 g/mol. The summed E-state index contributed by atoms with van der Waals surface area (Å²) in [5.74, 6) is -0.277. The maximum atomic E-state index is 13.1. The van der Waals surface area contributed by atoms with Gasteiger partial charge in [0.15, 0.2) is 0 Å². The van der Waals surface area contributed by atoms with Gasteiger partial charge in [-0.2, -0.15) is 0 Å². The molecule has 2 N–H and O–H groups in total. The third-order valence-electron chi connectivity index (χ3n) is 4.44. The molecule has 2 aromatic rings. The van der Waals surface area contributed by atoms with Crippen LogP contribution in [-0.2, 0) is 0 Å². The number of carbonyl (C=O) groups is 1. The summed E-state index contributed by atoms with van der Waals surface area (Å²) < 4.78 is 13.1. The topological polar surface area (TPSA) is 44.4 Å². The highest BCUT2D eigenvalue weighted by Crippen LogP contribution is 2.31. The number of amides is 1. The molecule has 2 heterocycles. The molecule has 0 saturated carbocycles. The molecule has 0 radical (unpaired) electrons. The zero-order valence-corrected chi connectivity index (χ0v) is 16.5. The van der Waals surface area contributed by atoms with E-state index in [0.717, 1.165) is 55.1 Å². The summed E-state index contributed by atoms with van der Waals surface area (Å²) in [5, 5.41) is 6.35. The van der Waals surface area contributed by atoms with Gasteiger partial charge in [-0.15, -0.1) is 23.7 Å². The molecule has 0 unspecified atom stereocenters. The molecule has 0 aliphatic carbocycles. The number of hydrogen-bond acceptors (Lipinski definition) is 4. The lowest BCUT2D eigenvalue weighted by Crippen LogP contribution is -2.44. The minimum Gasteiger partial charge on any atom is -0.351 e. The number of nitrogens with zero attached hydrogens (tertiary/aromatic N) is 1. The van der Waals surface area contributed by atoms with Gasteiger partial charge in [0.05, 0.1) is 4.88 Å². The number of carbonyl (C=O) groups excluding carboxylic acids is 1. The predicted octanol–water partition coefficient (Wildman–Crippen LogP) is 3.31. The molecule has 0 atom stereocenters. The van der Waals surface area contributed by atoms with Crippen LogP contribution in [0.25, 0.3) is 11.1 Å². The van der Waals surface area contributed by atoms with Crippen LogP contribution >= 0.6 is 23.7 Å². The van der Waals surface area contributed by atoms with E-state index in [1.165, 1.54) is 23.5 Å². The van der Waals surface area contributed by atoms with E-state index in [-0.39, 0.29) is 24.1 Å². The molecule has 3 rings (SSSR count). The number of nitrogens with one attached hydrogen (secondary N) is 2. The lowest BCUT2D eigenvalue weighted by atomic mass is 10.1. The largest absolute Gasteiger partial charge is 0.351 e. The van der Waals surface area contributed by atoms with E-state index in [1.807, 2.05) is 13.0 Å². The molecule has 1 aromatic carbocycles. The Morgan fingerprint density at radius 1 is 1.27 bits per heavy atom. The average molecular weight is 398 g/mol. The Balaban J connectivity index is 0.00000243. The second kappa shape index (κ2) is 10.0. The Hall–Kier alpha value is -1.47. The van der Waals surface area contributed by atoms with Crippen LogP contribution in [0.2, 0.25) is 0 Å². The van der Waals surface area contributed by atoms with E-state index in [9.17, 15) is 9.18 Å². The quantitative estimate of drug-likeness (QED) is 0.735. The number of hydrogen-bond donors (Lipinski definition) is 2. The molecule has 0 bridgehead atoms. The van der Waals surface area contributed by atoms with Crippen LogP contribution in [-0.4, -0.2) is 50.1 Å². The molecular formula is C19H25ClFN3OS. The van der Waals surface area contributed by atoms with Crippen LogP contribution in [0.15, 0.2) is 30.3 Å². The summed E-state index contributed by atoms with van der Waals surface area (Å²) in [6.45, 7) is 7.96. The normalized spacial score (nSPS) is 14.7. The van der Waals surface area contributed by atoms with Crippen molar-refractivity contribution in [1.82, 2.24) is 15.5 Å². The zero-order valence-electron chi connectivity index (χ0n) is 14.9. The fraction of sp³-hybridized carbons (Fsp3) is 0.421. The Kier molecular flexibility index (Phi) is 8.03. The van der Waals surface area contributed by atoms with Gasteiger partial charge in [-0.3, -0.25) is 4.79 Å². The van der Waals surface area contributed by atoms with Gasteiger partial charge in [-0.05, 0) is 49.2 Å². The van der Waals surface area contributed by atoms with Crippen molar-refractivity contribution in [2.24, 2.45) is 0 Å². The van der Waals surface area contributed by atoms with Crippen molar-refractivity contribution in [2.75, 3.05) is 39.3 Å². The first-order valence-electron chi connectivity index (χ1n) is 8.71. The van der Waals surface area contributed by atoms with Gasteiger partial charge in [-0.25, -0.2) is 4.39 Å². The highest BCUT2D eigenvalue weighted by atomic mass is 35.5. The number of benzene rings is 1. The maximum absolute atomic E-state index is 13.1. The molecule has 1 amide bonds. The molecule has 1 aliphatic rings. The molecule has 1 aliphatic heterocycles. The van der Waals surface area contributed by atoms with Gasteiger partial charge >= 0.3 is 0 Å². The van der Waals surface area contributed by atoms with Crippen molar-refractivity contribution in [1.29, 1.82) is 0 Å². The summed E-state index contributed by atoms with van der Waals surface area (Å²) in [4.78, 5) is 16.6. The maximum Gasteiger partial charge on any atom is 0.261 e. The lowest BCUT2D eigenvalue weighted by Gasteiger charge is -2.27. The summed E-state index contributed by atoms with van der Waals surface area (Å²) >= 11 is 1.48. The second-order valence-corrected chi connectivity index (χ2v) is 7.54. The molecule has 142 valence electrons. The van der Waals surface area contributed by atoms with Crippen LogP contribution in [0.1, 0.15) is 21.0 Å². The van der Waals surface area contributed by atoms with Crippen LogP contribution in [0.3, 0.4) is 0 Å². The summed E-state index contributed by atoms with van der Waals surface area (Å²) in [7, 11) is 0. The van der Waals surface area contributed by atoms with Crippen molar-refractivity contribution in [3.8, 4) is 11.1 Å². The summed E-state index contributed by atoms with van der Waals surface area (Å²) in [5.41, 5.74) is 1.93. The van der Waals surface area contributed by atoms with Gasteiger partial charge < -0.3 is 15.5 Å². The van der Waals surface area contributed by atoms with E-state index >= 15 is 0 Å². The minimum absolute atomic E-state index is 0. The molecule has 7 heteroatoms. The fourth-order valence-corrected chi connectivity index (χ4v) is 3.99. The summed E-state index contributed by atoms with van der Waals surface area (Å²) in [6.07, 6.45) is 0.959. The Bertz CT molecular complexity index is 714. The van der Waals surface area contributed by atoms with Crippen molar-refractivity contribution in [3.63, 3.8) is 0 Å². The molecule has 1 saturated heterocycles. The van der Waals surface area contributed by atoms with Gasteiger partial charge in [0, 0.05) is 37.6 Å². The molecule has 4 nitrogen and oxygen atoms in total. The Labute approximate surface area is 164 Å². The fourth-order valence-electron chi connectivity index (χ4n) is 3.04. The van der Waals surface area contributed by atoms with Crippen molar-refractivity contribution in [2.45, 2.75) is 13.3 Å². The zero-order chi connectivity index (χ0) is 17.6. The standard InChI is InChI=1S/C19H24FN3OS.ClH/c1-14-17(15-3-5-16(20)6-4-15)13-18(25-14)19(24)22-7-2-10-23-11-8-21-9-12-23;/h3-6,13,21H,2,7-12H2,1H3,(H,22,24);1H. The van der Waals surface area contributed by atoms with Gasteiger partial charge in [0.1, 0.15) is 5.82 Å². The first-order valence-corrected chi connectivity index (χ1v) is 9.53. The Morgan fingerprint density at radius 2 is 1.96 bits per heavy atom. The van der Waals surface area contributed by atoms with Crippen LogP contribution in [0, 0.1) is 12.7 Å². The number of aryl methyl sites for hydroxylation is 1. The van der Waals surface area contributed by atoms with E-state index < -0.39 is 0 Å². The van der Waals surface area contributed by atoms with Gasteiger partial charge in [-0.1, -0.05) is 12.1 Å². The molecule has 1 aromatic heterocycles. The molecule has 0 spiro atoms. The Morgan fingerprint density at radius 3 is 2.65 bits per heavy atom. The van der Waals surface area contributed by atoms with E-state index in [1.54, 1.807) is 12.1 Å². The third kappa shape index (κ3) is 5.51. The van der Waals surface area contributed by atoms with Crippen LogP contribution in [0.5, 0.6) is 0 Å². The van der Waals surface area contributed by atoms with Gasteiger partial charge in [0.25, 0.3) is 5.91 Å². The number of thiophene rings is 1. The van der Waals surface area contributed by atoms with E-state index in [2.05, 4.69) is 15.5 Å². The predicted molar refractivity (Wildman–Crippen MR) is 108 cm³/mol. The molecule has 1 fully saturated rings. The van der Waals surface area contributed by atoms with Crippen molar-refractivity contribution >= 4 is 29.7 Å².